The van der Waals surface area contributed by atoms with Crippen molar-refractivity contribution < 1.29 is 19.0 Å². The van der Waals surface area contributed by atoms with Gasteiger partial charge in [0, 0.05) is 24.1 Å². The van der Waals surface area contributed by atoms with E-state index in [4.69, 9.17) is 4.74 Å². The second-order valence-electron chi connectivity index (χ2n) is 9.33. The number of halogens is 1. The molecule has 0 aliphatic rings. The molecule has 182 valence electrons. The van der Waals surface area contributed by atoms with Gasteiger partial charge in [-0.25, -0.2) is 14.2 Å². The van der Waals surface area contributed by atoms with Crippen LogP contribution in [-0.2, 0) is 37.4 Å². The number of carbonyl (C=O) groups excluding carboxylic acids is 1. The first kappa shape index (κ1) is 25.4. The van der Waals surface area contributed by atoms with Crippen LogP contribution in [0.1, 0.15) is 61.7 Å². The van der Waals surface area contributed by atoms with E-state index < -0.39 is 11.7 Å². The molecular formula is C26H33FN4O3. The summed E-state index contributed by atoms with van der Waals surface area (Å²) in [5.74, 6) is 0.413. The van der Waals surface area contributed by atoms with Crippen molar-refractivity contribution in [2.24, 2.45) is 0 Å². The van der Waals surface area contributed by atoms with Crippen LogP contribution in [0.25, 0.3) is 0 Å². The molecule has 0 aliphatic heterocycles. The molecule has 0 unspecified atom stereocenters. The summed E-state index contributed by atoms with van der Waals surface area (Å²) >= 11 is 0. The number of imidazole rings is 1. The first-order valence-electron chi connectivity index (χ1n) is 11.4. The van der Waals surface area contributed by atoms with Crippen molar-refractivity contribution in [3.8, 4) is 0 Å². The van der Waals surface area contributed by atoms with Crippen molar-refractivity contribution in [3.63, 3.8) is 0 Å². The van der Waals surface area contributed by atoms with Crippen LogP contribution in [0.2, 0.25) is 0 Å². The third kappa shape index (κ3) is 6.87. The van der Waals surface area contributed by atoms with Crippen LogP contribution in [0.5, 0.6) is 0 Å². The van der Waals surface area contributed by atoms with E-state index in [1.54, 1.807) is 29.3 Å². The Bertz CT molecular complexity index is 1120. The smallest absolute Gasteiger partial charge is 0.411 e. The highest BCUT2D eigenvalue weighted by Crippen LogP contribution is 2.18. The molecule has 34 heavy (non-hydrogen) atoms. The number of amides is 1. The summed E-state index contributed by atoms with van der Waals surface area (Å²) in [6, 6.07) is 9.96. The lowest BCUT2D eigenvalue weighted by Crippen LogP contribution is -2.37. The second-order valence-corrected chi connectivity index (χ2v) is 9.33. The lowest BCUT2D eigenvalue weighted by molar-refractivity contribution is 0.0207. The van der Waals surface area contributed by atoms with Crippen LogP contribution < -0.4 is 0 Å². The number of carbonyl (C=O) groups is 1. The first-order chi connectivity index (χ1) is 16.1. The highest BCUT2D eigenvalue weighted by Gasteiger charge is 2.25. The summed E-state index contributed by atoms with van der Waals surface area (Å²) in [6.45, 7) is 10.2. The zero-order valence-electron chi connectivity index (χ0n) is 20.5. The van der Waals surface area contributed by atoms with Gasteiger partial charge < -0.3 is 14.4 Å². The highest BCUT2D eigenvalue weighted by molar-refractivity contribution is 5.68. The monoisotopic (exact) mass is 468 g/mol. The van der Waals surface area contributed by atoms with Crippen LogP contribution in [0.4, 0.5) is 9.18 Å². The number of ether oxygens (including phenoxy) is 1. The maximum Gasteiger partial charge on any atom is 0.411 e. The zero-order valence-corrected chi connectivity index (χ0v) is 20.5. The average Bonchev–Trinajstić information content (AvgIpc) is 3.14. The van der Waals surface area contributed by atoms with Crippen molar-refractivity contribution in [1.29, 1.82) is 0 Å². The van der Waals surface area contributed by atoms with Gasteiger partial charge in [0.1, 0.15) is 17.2 Å². The Balaban J connectivity index is 1.92. The van der Waals surface area contributed by atoms with E-state index in [1.165, 1.54) is 12.1 Å². The normalized spacial score (nSPS) is 11.5. The number of aromatic nitrogens is 3. The van der Waals surface area contributed by atoms with Crippen LogP contribution in [0.3, 0.4) is 0 Å². The fraction of sp³-hybridized carbons (Fsp3) is 0.423. The Morgan fingerprint density at radius 3 is 2.47 bits per heavy atom. The molecule has 8 heteroatoms. The highest BCUT2D eigenvalue weighted by atomic mass is 19.1. The Labute approximate surface area is 200 Å². The number of aliphatic hydroxyl groups excluding tert-OH is 1. The predicted octanol–water partition coefficient (Wildman–Crippen LogP) is 4.77. The number of nitrogens with zero attached hydrogens (tertiary/aromatic N) is 4. The van der Waals surface area contributed by atoms with Gasteiger partial charge in [-0.15, -0.1) is 0 Å². The molecule has 0 aliphatic carbocycles. The quantitative estimate of drug-likeness (QED) is 0.515. The van der Waals surface area contributed by atoms with E-state index >= 15 is 0 Å². The molecule has 7 nitrogen and oxygen atoms in total. The van der Waals surface area contributed by atoms with Crippen LogP contribution >= 0.6 is 0 Å². The second kappa shape index (κ2) is 10.8. The Morgan fingerprint density at radius 1 is 1.15 bits per heavy atom. The molecule has 0 bridgehead atoms. The molecule has 0 fully saturated rings. The minimum Gasteiger partial charge on any atom is -0.444 e. The minimum absolute atomic E-state index is 0.106. The summed E-state index contributed by atoms with van der Waals surface area (Å²) in [6.07, 6.45) is 2.09. The molecule has 0 atom stereocenters. The van der Waals surface area contributed by atoms with E-state index in [-0.39, 0.29) is 25.5 Å². The molecule has 1 amide bonds. The van der Waals surface area contributed by atoms with Gasteiger partial charge in [-0.2, -0.15) is 0 Å². The van der Waals surface area contributed by atoms with Crippen molar-refractivity contribution in [3.05, 3.63) is 82.4 Å². The van der Waals surface area contributed by atoms with Gasteiger partial charge in [0.25, 0.3) is 0 Å². The Morgan fingerprint density at radius 2 is 1.85 bits per heavy atom. The summed E-state index contributed by atoms with van der Waals surface area (Å²) in [7, 11) is 0. The fourth-order valence-electron chi connectivity index (χ4n) is 3.69. The standard InChI is InChI=1S/C26H33FN4O3/c1-6-23-13-28-24(31(23)14-19-7-9-21(27)10-8-19)16-30(25(33)34-26(3,4)5)15-22-12-20(17-32)11-18(2)29-22/h7-13,32H,6,14-17H2,1-5H3. The van der Waals surface area contributed by atoms with Crippen molar-refractivity contribution in [1.82, 2.24) is 19.4 Å². The molecule has 2 heterocycles. The SMILES string of the molecule is CCc1cnc(CN(Cc2cc(CO)cc(C)n2)C(=O)OC(C)(C)C)n1Cc1ccc(F)cc1. The van der Waals surface area contributed by atoms with Gasteiger partial charge in [0.2, 0.25) is 0 Å². The Kier molecular flexibility index (Phi) is 8.04. The van der Waals surface area contributed by atoms with Crippen LogP contribution in [-0.4, -0.2) is 36.2 Å². The van der Waals surface area contributed by atoms with E-state index in [0.717, 1.165) is 28.9 Å². The molecule has 0 spiro atoms. The van der Waals surface area contributed by atoms with Crippen LogP contribution in [0, 0.1) is 12.7 Å². The average molecular weight is 469 g/mol. The number of aliphatic hydroxyl groups is 1. The van der Waals surface area contributed by atoms with E-state index in [2.05, 4.69) is 9.97 Å². The van der Waals surface area contributed by atoms with Crippen molar-refractivity contribution in [2.45, 2.75) is 72.9 Å². The zero-order chi connectivity index (χ0) is 24.9. The predicted molar refractivity (Wildman–Crippen MR) is 127 cm³/mol. The number of benzene rings is 1. The third-order valence-corrected chi connectivity index (χ3v) is 5.22. The van der Waals surface area contributed by atoms with Gasteiger partial charge in [0.15, 0.2) is 0 Å². The largest absolute Gasteiger partial charge is 0.444 e. The van der Waals surface area contributed by atoms with Crippen molar-refractivity contribution >= 4 is 6.09 Å². The molecule has 3 aromatic rings. The molecule has 3 rings (SSSR count). The minimum atomic E-state index is -0.663. The maximum absolute atomic E-state index is 13.4. The number of aryl methyl sites for hydroxylation is 2. The fourth-order valence-corrected chi connectivity index (χ4v) is 3.69. The topological polar surface area (TPSA) is 80.5 Å². The van der Waals surface area contributed by atoms with Gasteiger partial charge in [-0.1, -0.05) is 19.1 Å². The number of rotatable bonds is 8. The Hall–Kier alpha value is -3.26. The molecule has 1 aromatic carbocycles. The molecule has 0 saturated heterocycles. The van der Waals surface area contributed by atoms with E-state index in [9.17, 15) is 14.3 Å². The summed E-state index contributed by atoms with van der Waals surface area (Å²) in [5, 5.41) is 9.57. The number of hydrogen-bond donors (Lipinski definition) is 1. The summed E-state index contributed by atoms with van der Waals surface area (Å²) in [5.41, 5.74) is 3.44. The van der Waals surface area contributed by atoms with Gasteiger partial charge in [0.05, 0.1) is 25.4 Å². The molecule has 0 radical (unpaired) electrons. The molecule has 1 N–H and O–H groups in total. The lowest BCUT2D eigenvalue weighted by atomic mass is 10.2. The van der Waals surface area contributed by atoms with E-state index in [0.29, 0.717) is 18.1 Å². The van der Waals surface area contributed by atoms with Gasteiger partial charge in [-0.3, -0.25) is 9.88 Å². The maximum atomic E-state index is 13.4. The van der Waals surface area contributed by atoms with Gasteiger partial charge >= 0.3 is 6.09 Å². The van der Waals surface area contributed by atoms with Crippen LogP contribution in [0.15, 0.2) is 42.6 Å². The summed E-state index contributed by atoms with van der Waals surface area (Å²) < 4.78 is 21.1. The molecule has 2 aromatic heterocycles. The first-order valence-corrected chi connectivity index (χ1v) is 11.4. The van der Waals surface area contributed by atoms with E-state index in [1.807, 2.05) is 45.3 Å². The lowest BCUT2D eigenvalue weighted by Gasteiger charge is -2.27. The third-order valence-electron chi connectivity index (χ3n) is 5.22. The molecular weight excluding hydrogens is 435 g/mol. The van der Waals surface area contributed by atoms with Crippen molar-refractivity contribution in [2.75, 3.05) is 0 Å². The number of pyridine rings is 1. The van der Waals surface area contributed by atoms with Gasteiger partial charge in [-0.05, 0) is 69.5 Å². The molecule has 0 saturated carbocycles. The number of hydrogen-bond acceptors (Lipinski definition) is 5. The summed E-state index contributed by atoms with van der Waals surface area (Å²) in [4.78, 5) is 23.8.